The molecule has 0 saturated carbocycles. The molecule has 0 unspecified atom stereocenters. The van der Waals surface area contributed by atoms with Gasteiger partial charge in [-0.1, -0.05) is 78.9 Å². The van der Waals surface area contributed by atoms with Crippen LogP contribution in [0.1, 0.15) is 15.9 Å². The number of hydrogen-bond acceptors (Lipinski definition) is 6. The standard InChI is InChI=1S/C28H21N3O3S/c1-18-25(21-14-8-9-15-22(21)29-26(18)20-12-6-3-7-13-20)27(33)34-16-24(32)31-28-30-23(17-35-28)19-10-4-2-5-11-19/h2-15,17H,16H2,1H3,(H,30,31,32). The summed E-state index contributed by atoms with van der Waals surface area (Å²) >= 11 is 1.32. The van der Waals surface area contributed by atoms with E-state index in [-0.39, 0.29) is 0 Å². The molecule has 0 spiro atoms. The lowest BCUT2D eigenvalue weighted by Gasteiger charge is -2.14. The number of pyridine rings is 1. The Hall–Kier alpha value is -4.36. The van der Waals surface area contributed by atoms with Crippen molar-refractivity contribution in [2.75, 3.05) is 11.9 Å². The van der Waals surface area contributed by atoms with Gasteiger partial charge in [-0.15, -0.1) is 11.3 Å². The number of benzene rings is 3. The van der Waals surface area contributed by atoms with Gasteiger partial charge in [-0.05, 0) is 18.6 Å². The summed E-state index contributed by atoms with van der Waals surface area (Å²) in [6, 6.07) is 26.8. The molecular weight excluding hydrogens is 458 g/mol. The monoisotopic (exact) mass is 479 g/mol. The number of anilines is 1. The van der Waals surface area contributed by atoms with Crippen LogP contribution in [-0.2, 0) is 9.53 Å². The second kappa shape index (κ2) is 9.87. The maximum atomic E-state index is 13.2. The van der Waals surface area contributed by atoms with E-state index in [0.717, 1.165) is 16.8 Å². The zero-order valence-electron chi connectivity index (χ0n) is 18.9. The maximum absolute atomic E-state index is 13.2. The molecule has 0 atom stereocenters. The Balaban J connectivity index is 1.34. The van der Waals surface area contributed by atoms with Crippen LogP contribution in [0.15, 0.2) is 90.3 Å². The van der Waals surface area contributed by atoms with Gasteiger partial charge in [0.2, 0.25) is 0 Å². The highest BCUT2D eigenvalue weighted by molar-refractivity contribution is 7.14. The van der Waals surface area contributed by atoms with Crippen LogP contribution in [0.25, 0.3) is 33.4 Å². The van der Waals surface area contributed by atoms with Crippen molar-refractivity contribution in [2.45, 2.75) is 6.92 Å². The summed E-state index contributed by atoms with van der Waals surface area (Å²) in [6.07, 6.45) is 0. The largest absolute Gasteiger partial charge is 0.452 e. The quantitative estimate of drug-likeness (QED) is 0.296. The van der Waals surface area contributed by atoms with Gasteiger partial charge in [0.15, 0.2) is 11.7 Å². The molecule has 0 fully saturated rings. The number of para-hydroxylation sites is 1. The molecular formula is C28H21N3O3S. The molecule has 3 aromatic carbocycles. The van der Waals surface area contributed by atoms with Gasteiger partial charge in [0.25, 0.3) is 5.91 Å². The highest BCUT2D eigenvalue weighted by atomic mass is 32.1. The molecule has 1 amide bonds. The molecule has 0 bridgehead atoms. The Kier molecular flexibility index (Phi) is 6.32. The maximum Gasteiger partial charge on any atom is 0.339 e. The van der Waals surface area contributed by atoms with E-state index in [1.165, 1.54) is 11.3 Å². The molecule has 0 saturated heterocycles. The Morgan fingerprint density at radius 2 is 1.51 bits per heavy atom. The number of ether oxygens (including phenoxy) is 1. The molecule has 2 aromatic heterocycles. The highest BCUT2D eigenvalue weighted by Gasteiger charge is 2.21. The van der Waals surface area contributed by atoms with Crippen molar-refractivity contribution >= 4 is 39.2 Å². The number of aromatic nitrogens is 2. The SMILES string of the molecule is Cc1c(-c2ccccc2)nc2ccccc2c1C(=O)OCC(=O)Nc1nc(-c2ccccc2)cs1. The van der Waals surface area contributed by atoms with Crippen LogP contribution in [0.5, 0.6) is 0 Å². The Morgan fingerprint density at radius 1 is 0.857 bits per heavy atom. The summed E-state index contributed by atoms with van der Waals surface area (Å²) in [5.41, 5.74) is 5.14. The van der Waals surface area contributed by atoms with Crippen LogP contribution >= 0.6 is 11.3 Å². The predicted octanol–water partition coefficient (Wildman–Crippen LogP) is 6.13. The Bertz CT molecular complexity index is 1520. The molecule has 0 radical (unpaired) electrons. The molecule has 7 heteroatoms. The van der Waals surface area contributed by atoms with Crippen LogP contribution in [-0.4, -0.2) is 28.5 Å². The van der Waals surface area contributed by atoms with Crippen LogP contribution in [0.4, 0.5) is 5.13 Å². The average Bonchev–Trinajstić information content (AvgIpc) is 3.36. The van der Waals surface area contributed by atoms with Crippen molar-refractivity contribution < 1.29 is 14.3 Å². The second-order valence-electron chi connectivity index (χ2n) is 7.87. The van der Waals surface area contributed by atoms with Crippen molar-refractivity contribution in [3.05, 3.63) is 101 Å². The van der Waals surface area contributed by atoms with Crippen molar-refractivity contribution in [2.24, 2.45) is 0 Å². The third kappa shape index (κ3) is 4.81. The average molecular weight is 480 g/mol. The van der Waals surface area contributed by atoms with Gasteiger partial charge in [-0.3, -0.25) is 10.1 Å². The number of rotatable bonds is 6. The predicted molar refractivity (Wildman–Crippen MR) is 138 cm³/mol. The fraction of sp³-hybridized carbons (Fsp3) is 0.0714. The molecule has 5 aromatic rings. The molecule has 0 aliphatic heterocycles. The molecule has 172 valence electrons. The van der Waals surface area contributed by atoms with E-state index in [0.29, 0.717) is 32.9 Å². The lowest BCUT2D eigenvalue weighted by atomic mass is 9.98. The molecule has 1 N–H and O–H groups in total. The smallest absolute Gasteiger partial charge is 0.339 e. The zero-order valence-corrected chi connectivity index (χ0v) is 19.7. The summed E-state index contributed by atoms with van der Waals surface area (Å²) in [5, 5.41) is 5.71. The second-order valence-corrected chi connectivity index (χ2v) is 8.73. The minimum atomic E-state index is -0.572. The number of nitrogens with one attached hydrogen (secondary N) is 1. The number of fused-ring (bicyclic) bond motifs is 1. The number of carbonyl (C=O) groups excluding carboxylic acids is 2. The van der Waals surface area contributed by atoms with Crippen LogP contribution in [0.3, 0.4) is 0 Å². The molecule has 0 aliphatic rings. The lowest BCUT2D eigenvalue weighted by molar-refractivity contribution is -0.119. The van der Waals surface area contributed by atoms with E-state index in [1.807, 2.05) is 97.2 Å². The zero-order chi connectivity index (χ0) is 24.2. The van der Waals surface area contributed by atoms with Gasteiger partial charge in [-0.2, -0.15) is 0 Å². The number of nitrogens with zero attached hydrogens (tertiary/aromatic N) is 2. The minimum Gasteiger partial charge on any atom is -0.452 e. The molecule has 2 heterocycles. The summed E-state index contributed by atoms with van der Waals surface area (Å²) in [7, 11) is 0. The lowest BCUT2D eigenvalue weighted by Crippen LogP contribution is -2.21. The molecule has 35 heavy (non-hydrogen) atoms. The highest BCUT2D eigenvalue weighted by Crippen LogP contribution is 2.30. The van der Waals surface area contributed by atoms with Gasteiger partial charge < -0.3 is 4.74 Å². The van der Waals surface area contributed by atoms with E-state index in [4.69, 9.17) is 9.72 Å². The van der Waals surface area contributed by atoms with Crippen LogP contribution < -0.4 is 5.32 Å². The van der Waals surface area contributed by atoms with Gasteiger partial charge in [0.05, 0.1) is 22.5 Å². The normalized spacial score (nSPS) is 10.8. The first-order valence-electron chi connectivity index (χ1n) is 11.0. The van der Waals surface area contributed by atoms with Gasteiger partial charge in [-0.25, -0.2) is 14.8 Å². The van der Waals surface area contributed by atoms with E-state index in [2.05, 4.69) is 10.3 Å². The van der Waals surface area contributed by atoms with Crippen molar-refractivity contribution in [1.29, 1.82) is 0 Å². The number of thiazole rings is 1. The van der Waals surface area contributed by atoms with Gasteiger partial charge in [0.1, 0.15) is 0 Å². The summed E-state index contributed by atoms with van der Waals surface area (Å²) in [6.45, 7) is 1.43. The van der Waals surface area contributed by atoms with Gasteiger partial charge >= 0.3 is 5.97 Å². The fourth-order valence-corrected chi connectivity index (χ4v) is 4.61. The third-order valence-electron chi connectivity index (χ3n) is 5.54. The first-order valence-corrected chi connectivity index (χ1v) is 11.9. The minimum absolute atomic E-state index is 0.405. The summed E-state index contributed by atoms with van der Waals surface area (Å²) in [5.74, 6) is -1.02. The first-order chi connectivity index (χ1) is 17.1. The summed E-state index contributed by atoms with van der Waals surface area (Å²) < 4.78 is 5.43. The van der Waals surface area contributed by atoms with E-state index < -0.39 is 18.5 Å². The van der Waals surface area contributed by atoms with E-state index in [1.54, 1.807) is 0 Å². The van der Waals surface area contributed by atoms with E-state index >= 15 is 0 Å². The molecule has 6 nitrogen and oxygen atoms in total. The Labute approximate surface area is 206 Å². The van der Waals surface area contributed by atoms with Crippen molar-refractivity contribution in [1.82, 2.24) is 9.97 Å². The first kappa shape index (κ1) is 22.4. The fourth-order valence-electron chi connectivity index (χ4n) is 3.88. The van der Waals surface area contributed by atoms with Crippen molar-refractivity contribution in [3.8, 4) is 22.5 Å². The third-order valence-corrected chi connectivity index (χ3v) is 6.30. The van der Waals surface area contributed by atoms with Crippen LogP contribution in [0, 0.1) is 6.92 Å². The topological polar surface area (TPSA) is 81.2 Å². The summed E-state index contributed by atoms with van der Waals surface area (Å²) in [4.78, 5) is 34.9. The van der Waals surface area contributed by atoms with Crippen LogP contribution in [0.2, 0.25) is 0 Å². The van der Waals surface area contributed by atoms with Gasteiger partial charge in [0, 0.05) is 21.9 Å². The molecule has 0 aliphatic carbocycles. The molecule has 5 rings (SSSR count). The van der Waals surface area contributed by atoms with Crippen molar-refractivity contribution in [3.63, 3.8) is 0 Å². The van der Waals surface area contributed by atoms with E-state index in [9.17, 15) is 9.59 Å². The Morgan fingerprint density at radius 3 is 2.26 bits per heavy atom. The number of hydrogen-bond donors (Lipinski definition) is 1. The number of esters is 1. The number of carbonyl (C=O) groups is 2. The number of amides is 1.